The summed E-state index contributed by atoms with van der Waals surface area (Å²) in [6, 6.07) is 25.7. The average molecular weight is 420 g/mol. The average Bonchev–Trinajstić information content (AvgIpc) is 2.70. The number of aliphatic carboxylic acids is 1. The van der Waals surface area contributed by atoms with Crippen LogP contribution in [0.25, 0.3) is 0 Å². The quantitative estimate of drug-likeness (QED) is 0.466. The molecule has 0 saturated carbocycles. The summed E-state index contributed by atoms with van der Waals surface area (Å²) in [4.78, 5) is 12.2. The van der Waals surface area contributed by atoms with Gasteiger partial charge < -0.3 is 9.84 Å². The maximum Gasteiger partial charge on any atom is 0.311 e. The van der Waals surface area contributed by atoms with Crippen LogP contribution in [-0.2, 0) is 4.79 Å². The van der Waals surface area contributed by atoms with E-state index in [4.69, 9.17) is 16.3 Å². The number of carboxylic acids is 1. The van der Waals surface area contributed by atoms with Gasteiger partial charge in [-0.3, -0.25) is 4.79 Å². The molecular formula is C25H22ClNO3. The van der Waals surface area contributed by atoms with Gasteiger partial charge in [-0.2, -0.15) is 5.26 Å². The molecule has 1 N–H and O–H groups in total. The van der Waals surface area contributed by atoms with E-state index in [0.717, 1.165) is 0 Å². The molecule has 0 spiro atoms. The second-order valence-corrected chi connectivity index (χ2v) is 8.13. The van der Waals surface area contributed by atoms with E-state index in [-0.39, 0.29) is 0 Å². The monoisotopic (exact) mass is 419 g/mol. The van der Waals surface area contributed by atoms with E-state index >= 15 is 0 Å². The molecule has 0 aliphatic heterocycles. The molecule has 3 aromatic carbocycles. The van der Waals surface area contributed by atoms with Crippen LogP contribution >= 0.6 is 11.6 Å². The largest absolute Gasteiger partial charge is 0.481 e. The second-order valence-electron chi connectivity index (χ2n) is 7.69. The lowest BCUT2D eigenvalue weighted by molar-refractivity contribution is -0.142. The van der Waals surface area contributed by atoms with Crippen LogP contribution in [0.2, 0.25) is 5.02 Å². The standard InChI is InChI=1S/C25H22ClNO3/c1-25(2,23(24(28)29)17-11-13-19(26)14-12-17)22(16-27)18-7-6-10-21(15-18)30-20-8-4-3-5-9-20/h3-15,22-23H,1-2H3,(H,28,29). The summed E-state index contributed by atoms with van der Waals surface area (Å²) in [5.41, 5.74) is 0.407. The zero-order valence-corrected chi connectivity index (χ0v) is 17.5. The Hall–Kier alpha value is -3.29. The van der Waals surface area contributed by atoms with Gasteiger partial charge >= 0.3 is 5.97 Å². The number of carbonyl (C=O) groups is 1. The molecule has 5 heteroatoms. The first-order valence-electron chi connectivity index (χ1n) is 9.53. The Bertz CT molecular complexity index is 1060. The fourth-order valence-corrected chi connectivity index (χ4v) is 3.89. The third kappa shape index (κ3) is 4.64. The number of halogens is 1. The normalized spacial score (nSPS) is 13.1. The minimum absolute atomic E-state index is 0.531. The summed E-state index contributed by atoms with van der Waals surface area (Å²) < 4.78 is 5.89. The second kappa shape index (κ2) is 9.02. The van der Waals surface area contributed by atoms with Gasteiger partial charge in [0.15, 0.2) is 0 Å². The predicted molar refractivity (Wildman–Crippen MR) is 117 cm³/mol. The summed E-state index contributed by atoms with van der Waals surface area (Å²) in [5, 5.41) is 20.5. The molecule has 0 heterocycles. The van der Waals surface area contributed by atoms with Crippen LogP contribution in [0.5, 0.6) is 11.5 Å². The number of nitriles is 1. The molecular weight excluding hydrogens is 398 g/mol. The number of carboxylic acid groups (broad SMARTS) is 1. The number of para-hydroxylation sites is 1. The molecule has 0 aromatic heterocycles. The zero-order valence-electron chi connectivity index (χ0n) is 16.7. The van der Waals surface area contributed by atoms with Crippen molar-refractivity contribution < 1.29 is 14.6 Å². The lowest BCUT2D eigenvalue weighted by Gasteiger charge is -2.36. The van der Waals surface area contributed by atoms with E-state index < -0.39 is 23.2 Å². The Morgan fingerprint density at radius 2 is 1.60 bits per heavy atom. The van der Waals surface area contributed by atoms with Gasteiger partial charge in [-0.25, -0.2) is 0 Å². The Morgan fingerprint density at radius 1 is 0.967 bits per heavy atom. The van der Waals surface area contributed by atoms with Gasteiger partial charge in [0.1, 0.15) is 11.5 Å². The molecule has 0 bridgehead atoms. The number of nitrogens with zero attached hydrogens (tertiary/aromatic N) is 1. The van der Waals surface area contributed by atoms with Gasteiger partial charge in [-0.05, 0) is 47.5 Å². The number of benzene rings is 3. The number of hydrogen-bond acceptors (Lipinski definition) is 3. The third-order valence-corrected chi connectivity index (χ3v) is 5.49. The minimum Gasteiger partial charge on any atom is -0.481 e. The number of ether oxygens (including phenoxy) is 1. The van der Waals surface area contributed by atoms with Crippen molar-refractivity contribution in [3.8, 4) is 17.6 Å². The highest BCUT2D eigenvalue weighted by Gasteiger charge is 2.43. The predicted octanol–water partition coefficient (Wildman–Crippen LogP) is 6.63. The molecule has 0 amide bonds. The Labute approximate surface area is 181 Å². The molecule has 0 aliphatic rings. The maximum absolute atomic E-state index is 12.2. The summed E-state index contributed by atoms with van der Waals surface area (Å²) in [5.74, 6) is -1.27. The smallest absolute Gasteiger partial charge is 0.311 e. The van der Waals surface area contributed by atoms with Crippen molar-refractivity contribution in [1.82, 2.24) is 0 Å². The molecule has 0 saturated heterocycles. The van der Waals surface area contributed by atoms with Crippen molar-refractivity contribution in [1.29, 1.82) is 5.26 Å². The van der Waals surface area contributed by atoms with Crippen molar-refractivity contribution in [2.24, 2.45) is 5.41 Å². The fraction of sp³-hybridized carbons (Fsp3) is 0.200. The molecule has 152 valence electrons. The topological polar surface area (TPSA) is 70.3 Å². The van der Waals surface area contributed by atoms with Crippen LogP contribution in [0.1, 0.15) is 36.8 Å². The number of hydrogen-bond donors (Lipinski definition) is 1. The fourth-order valence-electron chi connectivity index (χ4n) is 3.76. The zero-order chi connectivity index (χ0) is 21.7. The summed E-state index contributed by atoms with van der Waals surface area (Å²) >= 11 is 5.97. The summed E-state index contributed by atoms with van der Waals surface area (Å²) in [6.45, 7) is 3.61. The summed E-state index contributed by atoms with van der Waals surface area (Å²) in [7, 11) is 0. The molecule has 3 rings (SSSR count). The van der Waals surface area contributed by atoms with Gasteiger partial charge in [0.25, 0.3) is 0 Å². The molecule has 0 fully saturated rings. The van der Waals surface area contributed by atoms with Gasteiger partial charge in [0.2, 0.25) is 0 Å². The van der Waals surface area contributed by atoms with Gasteiger partial charge in [-0.1, -0.05) is 67.9 Å². The van der Waals surface area contributed by atoms with E-state index in [1.807, 2.05) is 48.5 Å². The van der Waals surface area contributed by atoms with Crippen LogP contribution in [0.3, 0.4) is 0 Å². The first-order valence-corrected chi connectivity index (χ1v) is 9.91. The molecule has 3 aromatic rings. The van der Waals surface area contributed by atoms with Crippen LogP contribution in [0.15, 0.2) is 78.9 Å². The van der Waals surface area contributed by atoms with Crippen molar-refractivity contribution in [2.45, 2.75) is 25.7 Å². The van der Waals surface area contributed by atoms with Crippen LogP contribution in [0, 0.1) is 16.7 Å². The highest BCUT2D eigenvalue weighted by Crippen LogP contribution is 2.47. The van der Waals surface area contributed by atoms with Crippen LogP contribution in [-0.4, -0.2) is 11.1 Å². The lowest BCUT2D eigenvalue weighted by atomic mass is 9.65. The van der Waals surface area contributed by atoms with E-state index in [1.54, 1.807) is 44.2 Å². The highest BCUT2D eigenvalue weighted by molar-refractivity contribution is 6.30. The molecule has 2 atom stereocenters. The molecule has 0 aliphatic carbocycles. The molecule has 4 nitrogen and oxygen atoms in total. The number of rotatable bonds is 7. The Kier molecular flexibility index (Phi) is 6.44. The summed E-state index contributed by atoms with van der Waals surface area (Å²) in [6.07, 6.45) is 0. The SMILES string of the molecule is CC(C)(C(C#N)c1cccc(Oc2ccccc2)c1)C(C(=O)O)c1ccc(Cl)cc1. The van der Waals surface area contributed by atoms with E-state index in [1.165, 1.54) is 0 Å². The molecule has 30 heavy (non-hydrogen) atoms. The van der Waals surface area contributed by atoms with Gasteiger partial charge in [0, 0.05) is 10.4 Å². The third-order valence-electron chi connectivity index (χ3n) is 5.24. The van der Waals surface area contributed by atoms with E-state index in [2.05, 4.69) is 6.07 Å². The van der Waals surface area contributed by atoms with Crippen molar-refractivity contribution in [3.05, 3.63) is 95.0 Å². The van der Waals surface area contributed by atoms with E-state index in [9.17, 15) is 15.2 Å². The van der Waals surface area contributed by atoms with Crippen LogP contribution in [0.4, 0.5) is 0 Å². The van der Waals surface area contributed by atoms with Crippen LogP contribution < -0.4 is 4.74 Å². The maximum atomic E-state index is 12.2. The molecule has 2 unspecified atom stereocenters. The van der Waals surface area contributed by atoms with E-state index in [0.29, 0.717) is 27.6 Å². The van der Waals surface area contributed by atoms with Crippen molar-refractivity contribution in [2.75, 3.05) is 0 Å². The molecule has 0 radical (unpaired) electrons. The van der Waals surface area contributed by atoms with Gasteiger partial charge in [-0.15, -0.1) is 0 Å². The first-order chi connectivity index (χ1) is 14.3. The van der Waals surface area contributed by atoms with Crippen molar-refractivity contribution >= 4 is 17.6 Å². The Balaban J connectivity index is 1.97. The minimum atomic E-state index is -0.987. The van der Waals surface area contributed by atoms with Gasteiger partial charge in [0.05, 0.1) is 17.9 Å². The highest BCUT2D eigenvalue weighted by atomic mass is 35.5. The Morgan fingerprint density at radius 3 is 2.20 bits per heavy atom. The lowest BCUT2D eigenvalue weighted by Crippen LogP contribution is -2.34. The first kappa shape index (κ1) is 21.4. The van der Waals surface area contributed by atoms with Crippen molar-refractivity contribution in [3.63, 3.8) is 0 Å².